The average Bonchev–Trinajstić information content (AvgIpc) is 3.24. The number of rotatable bonds is 5. The van der Waals surface area contributed by atoms with E-state index in [0.717, 1.165) is 46.1 Å². The van der Waals surface area contributed by atoms with Gasteiger partial charge in [-0.25, -0.2) is 4.98 Å². The second kappa shape index (κ2) is 9.04. The molecule has 2 amide bonds. The Labute approximate surface area is 191 Å². The van der Waals surface area contributed by atoms with Gasteiger partial charge in [-0.3, -0.25) is 14.6 Å². The van der Waals surface area contributed by atoms with E-state index < -0.39 is 0 Å². The molecule has 5 rings (SSSR count). The number of amides is 2. The van der Waals surface area contributed by atoms with E-state index >= 15 is 0 Å². The molecule has 0 saturated heterocycles. The number of nitrogens with zero attached hydrogens (tertiary/aromatic N) is 2. The third-order valence-corrected chi connectivity index (χ3v) is 5.66. The zero-order chi connectivity index (χ0) is 22.6. The molecule has 4 aromatic rings. The standard InChI is InChI=1S/C27H22N4O2/c32-24(30-20-9-6-14-28-16-20)17-29-27(33)25-21-10-4-5-11-23(21)31-26-19(12-13-22(25)26)15-18-7-2-1-3-8-18/h1-11,14-16H,12-13,17H2,(H,29,33)(H,30,32)/b19-15-. The van der Waals surface area contributed by atoms with E-state index in [1.54, 1.807) is 24.5 Å². The van der Waals surface area contributed by atoms with Crippen molar-refractivity contribution in [1.29, 1.82) is 0 Å². The molecule has 0 saturated carbocycles. The van der Waals surface area contributed by atoms with E-state index in [1.165, 1.54) is 0 Å². The van der Waals surface area contributed by atoms with Gasteiger partial charge in [0.2, 0.25) is 5.91 Å². The summed E-state index contributed by atoms with van der Waals surface area (Å²) in [7, 11) is 0. The van der Waals surface area contributed by atoms with Crippen molar-refractivity contribution in [2.45, 2.75) is 12.8 Å². The van der Waals surface area contributed by atoms with Crippen molar-refractivity contribution >= 4 is 40.1 Å². The second-order valence-electron chi connectivity index (χ2n) is 7.88. The van der Waals surface area contributed by atoms with Crippen molar-refractivity contribution in [2.24, 2.45) is 0 Å². The summed E-state index contributed by atoms with van der Waals surface area (Å²) in [5.41, 5.74) is 5.97. The van der Waals surface area contributed by atoms with Gasteiger partial charge in [-0.05, 0) is 53.8 Å². The van der Waals surface area contributed by atoms with Crippen LogP contribution in [0.25, 0.3) is 22.6 Å². The highest BCUT2D eigenvalue weighted by atomic mass is 16.2. The summed E-state index contributed by atoms with van der Waals surface area (Å²) in [6.45, 7) is -0.133. The number of anilines is 1. The highest BCUT2D eigenvalue weighted by Gasteiger charge is 2.27. The molecular weight excluding hydrogens is 412 g/mol. The number of carbonyl (C=O) groups excluding carboxylic acids is 2. The quantitative estimate of drug-likeness (QED) is 0.485. The molecule has 0 spiro atoms. The third-order valence-electron chi connectivity index (χ3n) is 5.66. The van der Waals surface area contributed by atoms with Crippen LogP contribution in [0.2, 0.25) is 0 Å². The van der Waals surface area contributed by atoms with Gasteiger partial charge >= 0.3 is 0 Å². The number of carbonyl (C=O) groups is 2. The highest BCUT2D eigenvalue weighted by Crippen LogP contribution is 2.37. The summed E-state index contributed by atoms with van der Waals surface area (Å²) in [4.78, 5) is 34.5. The number of allylic oxidation sites excluding steroid dienone is 1. The molecule has 33 heavy (non-hydrogen) atoms. The zero-order valence-corrected chi connectivity index (χ0v) is 17.9. The number of fused-ring (bicyclic) bond motifs is 2. The van der Waals surface area contributed by atoms with Crippen molar-refractivity contribution in [3.63, 3.8) is 0 Å². The van der Waals surface area contributed by atoms with Crippen LogP contribution in [-0.2, 0) is 11.2 Å². The first-order valence-electron chi connectivity index (χ1n) is 10.8. The van der Waals surface area contributed by atoms with Crippen molar-refractivity contribution < 1.29 is 9.59 Å². The maximum atomic E-state index is 13.3. The molecule has 0 aliphatic heterocycles. The van der Waals surface area contributed by atoms with Crippen LogP contribution >= 0.6 is 0 Å². The first-order chi connectivity index (χ1) is 16.2. The topological polar surface area (TPSA) is 84.0 Å². The van der Waals surface area contributed by atoms with E-state index in [0.29, 0.717) is 11.3 Å². The van der Waals surface area contributed by atoms with Gasteiger partial charge in [0.05, 0.1) is 35.2 Å². The fraction of sp³-hybridized carbons (Fsp3) is 0.111. The van der Waals surface area contributed by atoms with E-state index in [-0.39, 0.29) is 18.4 Å². The summed E-state index contributed by atoms with van der Waals surface area (Å²) in [6.07, 6.45) is 6.87. The maximum absolute atomic E-state index is 13.3. The molecule has 2 aromatic carbocycles. The third kappa shape index (κ3) is 4.36. The number of hydrogen-bond acceptors (Lipinski definition) is 4. The number of pyridine rings is 2. The zero-order valence-electron chi connectivity index (χ0n) is 17.9. The Morgan fingerprint density at radius 2 is 1.76 bits per heavy atom. The van der Waals surface area contributed by atoms with Crippen LogP contribution < -0.4 is 10.6 Å². The second-order valence-corrected chi connectivity index (χ2v) is 7.88. The summed E-state index contributed by atoms with van der Waals surface area (Å²) in [5, 5.41) is 6.32. The van der Waals surface area contributed by atoms with Crippen LogP contribution in [0.1, 0.15) is 33.6 Å². The lowest BCUT2D eigenvalue weighted by Gasteiger charge is -2.13. The SMILES string of the molecule is O=C(CNC(=O)c1c2c(nc3ccccc13)/C(=C\c1ccccc1)CC2)Nc1cccnc1. The first-order valence-corrected chi connectivity index (χ1v) is 10.8. The lowest BCUT2D eigenvalue weighted by molar-refractivity contribution is -0.115. The molecule has 0 atom stereocenters. The van der Waals surface area contributed by atoms with Crippen LogP contribution in [0.4, 0.5) is 5.69 Å². The molecule has 0 radical (unpaired) electrons. The molecule has 2 N–H and O–H groups in total. The maximum Gasteiger partial charge on any atom is 0.252 e. The van der Waals surface area contributed by atoms with Gasteiger partial charge in [0.1, 0.15) is 0 Å². The van der Waals surface area contributed by atoms with Crippen molar-refractivity contribution in [1.82, 2.24) is 15.3 Å². The Hall–Kier alpha value is -4.32. The molecule has 0 bridgehead atoms. The largest absolute Gasteiger partial charge is 0.343 e. The monoisotopic (exact) mass is 434 g/mol. The van der Waals surface area contributed by atoms with Gasteiger partial charge in [-0.1, -0.05) is 48.5 Å². The van der Waals surface area contributed by atoms with Crippen LogP contribution in [0.15, 0.2) is 79.1 Å². The van der Waals surface area contributed by atoms with Gasteiger partial charge < -0.3 is 10.6 Å². The van der Waals surface area contributed by atoms with E-state index in [9.17, 15) is 9.59 Å². The van der Waals surface area contributed by atoms with Crippen LogP contribution in [-0.4, -0.2) is 28.3 Å². The van der Waals surface area contributed by atoms with Gasteiger partial charge in [0.25, 0.3) is 5.91 Å². The predicted molar refractivity (Wildman–Crippen MR) is 130 cm³/mol. The lowest BCUT2D eigenvalue weighted by Crippen LogP contribution is -2.33. The normalized spacial score (nSPS) is 13.6. The van der Waals surface area contributed by atoms with Gasteiger partial charge in [-0.2, -0.15) is 0 Å². The predicted octanol–water partition coefficient (Wildman–Crippen LogP) is 4.49. The Morgan fingerprint density at radius 3 is 2.58 bits per heavy atom. The number of aromatic nitrogens is 2. The summed E-state index contributed by atoms with van der Waals surface area (Å²) in [6, 6.07) is 21.2. The number of nitrogens with one attached hydrogen (secondary N) is 2. The summed E-state index contributed by atoms with van der Waals surface area (Å²) in [5.74, 6) is -0.580. The molecule has 6 nitrogen and oxygen atoms in total. The smallest absolute Gasteiger partial charge is 0.252 e. The van der Waals surface area contributed by atoms with E-state index in [1.807, 2.05) is 42.5 Å². The number of benzene rings is 2. The first kappa shape index (κ1) is 20.6. The molecule has 162 valence electrons. The van der Waals surface area contributed by atoms with Crippen molar-refractivity contribution in [2.75, 3.05) is 11.9 Å². The molecule has 6 heteroatoms. The molecule has 1 aliphatic carbocycles. The van der Waals surface area contributed by atoms with E-state index in [4.69, 9.17) is 4.98 Å². The van der Waals surface area contributed by atoms with Crippen LogP contribution in [0, 0.1) is 0 Å². The Kier molecular flexibility index (Phi) is 5.64. The lowest BCUT2D eigenvalue weighted by atomic mass is 10.00. The molecule has 2 heterocycles. The van der Waals surface area contributed by atoms with Gasteiger partial charge in [0.15, 0.2) is 0 Å². The molecule has 2 aromatic heterocycles. The highest BCUT2D eigenvalue weighted by molar-refractivity contribution is 6.10. The van der Waals surface area contributed by atoms with Crippen LogP contribution in [0.3, 0.4) is 0 Å². The minimum Gasteiger partial charge on any atom is -0.343 e. The Morgan fingerprint density at radius 1 is 0.939 bits per heavy atom. The van der Waals surface area contributed by atoms with Crippen LogP contribution in [0.5, 0.6) is 0 Å². The fourth-order valence-electron chi connectivity index (χ4n) is 4.18. The molecular formula is C27H22N4O2. The minimum absolute atomic E-state index is 0.133. The van der Waals surface area contributed by atoms with Crippen molar-refractivity contribution in [3.8, 4) is 0 Å². The molecule has 1 aliphatic rings. The van der Waals surface area contributed by atoms with Crippen molar-refractivity contribution in [3.05, 3.63) is 102 Å². The summed E-state index contributed by atoms with van der Waals surface area (Å²) < 4.78 is 0. The Balaban J connectivity index is 1.45. The minimum atomic E-state index is -0.309. The molecule has 0 unspecified atom stereocenters. The number of hydrogen-bond donors (Lipinski definition) is 2. The molecule has 0 fully saturated rings. The number of para-hydroxylation sites is 1. The van der Waals surface area contributed by atoms with Gasteiger partial charge in [-0.15, -0.1) is 0 Å². The van der Waals surface area contributed by atoms with E-state index in [2.05, 4.69) is 33.8 Å². The fourth-order valence-corrected chi connectivity index (χ4v) is 4.18. The summed E-state index contributed by atoms with van der Waals surface area (Å²) >= 11 is 0. The van der Waals surface area contributed by atoms with Gasteiger partial charge in [0, 0.05) is 11.6 Å². The average molecular weight is 434 g/mol. The Bertz CT molecular complexity index is 1370.